The summed E-state index contributed by atoms with van der Waals surface area (Å²) in [5.74, 6) is 0.175. The molecule has 0 radical (unpaired) electrons. The third kappa shape index (κ3) is 6.21. The Bertz CT molecular complexity index is 1410. The molecule has 9 heteroatoms. The molecule has 1 heterocycles. The molecule has 40 heavy (non-hydrogen) atoms. The number of benzene rings is 3. The highest BCUT2D eigenvalue weighted by molar-refractivity contribution is 6.74. The summed E-state index contributed by atoms with van der Waals surface area (Å²) in [6.07, 6.45) is 0.0641. The first-order chi connectivity index (χ1) is 18.8. The van der Waals surface area contributed by atoms with Crippen LogP contribution in [0.4, 0.5) is 10.5 Å². The molecule has 3 aromatic carbocycles. The number of imide groups is 1. The Labute approximate surface area is 237 Å². The van der Waals surface area contributed by atoms with Gasteiger partial charge in [-0.2, -0.15) is 0 Å². The van der Waals surface area contributed by atoms with Gasteiger partial charge in [0.1, 0.15) is 12.4 Å². The van der Waals surface area contributed by atoms with Gasteiger partial charge in [-0.25, -0.2) is 4.79 Å². The normalized spacial score (nSPS) is 13.7. The van der Waals surface area contributed by atoms with Crippen molar-refractivity contribution in [2.75, 3.05) is 32.5 Å². The standard InChI is InChI=1S/C31H39N3O5Si/c1-31(2,3)40(6,7)39-22-14-12-21(13-15-22)20-38-30(37)32-26-17-16-25-27-23(26)10-8-11-24(27)28(35)34(29(25)36)19-9-18-33(4)5/h8,10-17H,9,18-20H2,1-7H3,(H,32,37). The number of hydrogen-bond donors (Lipinski definition) is 1. The fourth-order valence-corrected chi connectivity index (χ4v) is 5.43. The molecule has 0 fully saturated rings. The summed E-state index contributed by atoms with van der Waals surface area (Å²) in [6, 6.07) is 16.2. The lowest BCUT2D eigenvalue weighted by molar-refractivity contribution is 0.0605. The first-order valence-corrected chi connectivity index (χ1v) is 16.5. The number of nitrogens with one attached hydrogen (secondary N) is 1. The third-order valence-electron chi connectivity index (χ3n) is 7.69. The summed E-state index contributed by atoms with van der Waals surface area (Å²) < 4.78 is 11.8. The van der Waals surface area contributed by atoms with Crippen molar-refractivity contribution in [3.05, 3.63) is 71.3 Å². The van der Waals surface area contributed by atoms with Crippen molar-refractivity contribution in [3.8, 4) is 5.75 Å². The Kier molecular flexibility index (Phi) is 8.37. The van der Waals surface area contributed by atoms with E-state index in [4.69, 9.17) is 9.16 Å². The maximum atomic E-state index is 13.2. The maximum Gasteiger partial charge on any atom is 0.411 e. The molecule has 212 valence electrons. The van der Waals surface area contributed by atoms with Crippen LogP contribution in [0.15, 0.2) is 54.6 Å². The smallest absolute Gasteiger partial charge is 0.411 e. The lowest BCUT2D eigenvalue weighted by atomic mass is 9.93. The second-order valence-corrected chi connectivity index (χ2v) is 16.7. The van der Waals surface area contributed by atoms with Crippen LogP contribution in [0.5, 0.6) is 5.75 Å². The van der Waals surface area contributed by atoms with E-state index in [1.54, 1.807) is 30.3 Å². The van der Waals surface area contributed by atoms with Gasteiger partial charge < -0.3 is 14.1 Å². The molecular weight excluding hydrogens is 522 g/mol. The number of ether oxygens (including phenoxy) is 1. The summed E-state index contributed by atoms with van der Waals surface area (Å²) in [5.41, 5.74) is 2.22. The number of anilines is 1. The van der Waals surface area contributed by atoms with E-state index in [-0.39, 0.29) is 23.5 Å². The highest BCUT2D eigenvalue weighted by Gasteiger charge is 2.39. The number of amides is 3. The molecule has 8 nitrogen and oxygen atoms in total. The van der Waals surface area contributed by atoms with Crippen LogP contribution in [0.3, 0.4) is 0 Å². The predicted octanol–water partition coefficient (Wildman–Crippen LogP) is 6.52. The molecule has 0 aliphatic carbocycles. The van der Waals surface area contributed by atoms with Crippen LogP contribution >= 0.6 is 0 Å². The first kappa shape index (κ1) is 29.3. The summed E-state index contributed by atoms with van der Waals surface area (Å²) >= 11 is 0. The largest absolute Gasteiger partial charge is 0.544 e. The topological polar surface area (TPSA) is 88.2 Å². The number of nitrogens with zero attached hydrogens (tertiary/aromatic N) is 2. The van der Waals surface area contributed by atoms with E-state index >= 15 is 0 Å². The Morgan fingerprint density at radius 1 is 0.950 bits per heavy atom. The second kappa shape index (κ2) is 11.4. The van der Waals surface area contributed by atoms with Gasteiger partial charge in [0, 0.05) is 28.4 Å². The molecule has 0 bridgehead atoms. The van der Waals surface area contributed by atoms with Gasteiger partial charge >= 0.3 is 6.09 Å². The first-order valence-electron chi connectivity index (χ1n) is 13.6. The molecule has 0 saturated heterocycles. The third-order valence-corrected chi connectivity index (χ3v) is 12.0. The summed E-state index contributed by atoms with van der Waals surface area (Å²) in [4.78, 5) is 42.4. The molecule has 3 amide bonds. The number of rotatable bonds is 9. The fraction of sp³-hybridized carbons (Fsp3) is 0.387. The van der Waals surface area contributed by atoms with Crippen LogP contribution in [-0.4, -0.2) is 63.2 Å². The molecule has 1 N–H and O–H groups in total. The highest BCUT2D eigenvalue weighted by atomic mass is 28.4. The van der Waals surface area contributed by atoms with E-state index in [1.165, 1.54) is 4.90 Å². The van der Waals surface area contributed by atoms with Gasteiger partial charge in [-0.15, -0.1) is 0 Å². The minimum absolute atomic E-state index is 0.0896. The molecule has 0 spiro atoms. The van der Waals surface area contributed by atoms with E-state index in [2.05, 4.69) is 39.2 Å². The molecule has 4 rings (SSSR count). The van der Waals surface area contributed by atoms with Gasteiger partial charge in [-0.05, 0) is 81.1 Å². The minimum atomic E-state index is -1.94. The van der Waals surface area contributed by atoms with Gasteiger partial charge in [0.2, 0.25) is 8.32 Å². The molecular formula is C31H39N3O5Si. The minimum Gasteiger partial charge on any atom is -0.544 e. The van der Waals surface area contributed by atoms with Gasteiger partial charge in [0.05, 0.1) is 5.69 Å². The second-order valence-electron chi connectivity index (χ2n) is 12.0. The fourth-order valence-electron chi connectivity index (χ4n) is 4.40. The highest BCUT2D eigenvalue weighted by Crippen LogP contribution is 2.37. The predicted molar refractivity (Wildman–Crippen MR) is 161 cm³/mol. The van der Waals surface area contributed by atoms with Crippen molar-refractivity contribution in [1.29, 1.82) is 0 Å². The lowest BCUT2D eigenvalue weighted by Crippen LogP contribution is -2.43. The van der Waals surface area contributed by atoms with E-state index in [9.17, 15) is 14.4 Å². The van der Waals surface area contributed by atoms with Crippen molar-refractivity contribution in [1.82, 2.24) is 9.80 Å². The Balaban J connectivity index is 1.44. The molecule has 0 aromatic heterocycles. The van der Waals surface area contributed by atoms with Crippen LogP contribution < -0.4 is 9.74 Å². The van der Waals surface area contributed by atoms with Crippen molar-refractivity contribution in [2.24, 2.45) is 0 Å². The van der Waals surface area contributed by atoms with Crippen LogP contribution in [0.1, 0.15) is 53.5 Å². The lowest BCUT2D eigenvalue weighted by Gasteiger charge is -2.36. The number of hydrogen-bond acceptors (Lipinski definition) is 6. The Morgan fingerprint density at radius 3 is 2.23 bits per heavy atom. The van der Waals surface area contributed by atoms with Crippen LogP contribution in [0, 0.1) is 0 Å². The molecule has 1 aliphatic rings. The van der Waals surface area contributed by atoms with Gasteiger partial charge in [-0.3, -0.25) is 19.8 Å². The molecule has 0 unspecified atom stereocenters. The SMILES string of the molecule is CN(C)CCCN1C(=O)c2cccc3c(NC(=O)OCc4ccc(O[Si](C)(C)C(C)(C)C)cc4)ccc(c23)C1=O. The van der Waals surface area contributed by atoms with Gasteiger partial charge in [0.25, 0.3) is 11.8 Å². The zero-order chi connectivity index (χ0) is 29.2. The van der Waals surface area contributed by atoms with Crippen molar-refractivity contribution >= 4 is 42.7 Å². The summed E-state index contributed by atoms with van der Waals surface area (Å²) in [7, 11) is 1.97. The zero-order valence-corrected chi connectivity index (χ0v) is 25.5. The Morgan fingerprint density at radius 2 is 1.60 bits per heavy atom. The molecule has 0 atom stereocenters. The number of carbonyl (C=O) groups excluding carboxylic acids is 3. The summed E-state index contributed by atoms with van der Waals surface area (Å²) in [6.45, 7) is 12.2. The van der Waals surface area contributed by atoms with Crippen LogP contribution in [-0.2, 0) is 11.3 Å². The van der Waals surface area contributed by atoms with Crippen molar-refractivity contribution in [2.45, 2.75) is 51.9 Å². The quantitative estimate of drug-likeness (QED) is 0.236. The zero-order valence-electron chi connectivity index (χ0n) is 24.5. The van der Waals surface area contributed by atoms with Crippen molar-refractivity contribution in [3.63, 3.8) is 0 Å². The van der Waals surface area contributed by atoms with Gasteiger partial charge in [-0.1, -0.05) is 45.0 Å². The van der Waals surface area contributed by atoms with E-state index in [1.807, 2.05) is 43.3 Å². The van der Waals surface area contributed by atoms with Gasteiger partial charge in [0.15, 0.2) is 0 Å². The molecule has 3 aromatic rings. The number of carbonyl (C=O) groups is 3. The Hall–Kier alpha value is -3.69. The molecule has 0 saturated carbocycles. The van der Waals surface area contributed by atoms with E-state index in [0.29, 0.717) is 40.6 Å². The molecule has 1 aliphatic heterocycles. The average molecular weight is 562 g/mol. The summed E-state index contributed by atoms with van der Waals surface area (Å²) in [5, 5.41) is 4.05. The van der Waals surface area contributed by atoms with Crippen molar-refractivity contribution < 1.29 is 23.5 Å². The maximum absolute atomic E-state index is 13.2. The monoisotopic (exact) mass is 561 g/mol. The van der Waals surface area contributed by atoms with Crippen LogP contribution in [0.25, 0.3) is 10.8 Å². The van der Waals surface area contributed by atoms with E-state index < -0.39 is 14.4 Å². The van der Waals surface area contributed by atoms with Crippen LogP contribution in [0.2, 0.25) is 18.1 Å². The average Bonchev–Trinajstić information content (AvgIpc) is 2.88. The van der Waals surface area contributed by atoms with E-state index in [0.717, 1.165) is 17.9 Å².